The van der Waals surface area contributed by atoms with Gasteiger partial charge < -0.3 is 28.8 Å². The first-order chi connectivity index (χ1) is 24.0. The molecule has 1 amide bonds. The highest BCUT2D eigenvalue weighted by molar-refractivity contribution is 7.45. The molecule has 3 unspecified atom stereocenters. The third-order valence-electron chi connectivity index (χ3n) is 8.49. The van der Waals surface area contributed by atoms with Gasteiger partial charge in [0.15, 0.2) is 0 Å². The number of carbonyl (C=O) groups is 1. The van der Waals surface area contributed by atoms with Crippen LogP contribution in [0.5, 0.6) is 0 Å². The maximum Gasteiger partial charge on any atom is 0.268 e. The van der Waals surface area contributed by atoms with E-state index in [1.54, 1.807) is 6.08 Å². The highest BCUT2D eigenvalue weighted by Gasteiger charge is 2.23. The summed E-state index contributed by atoms with van der Waals surface area (Å²) >= 11 is 0. The molecule has 0 aliphatic carbocycles. The first kappa shape index (κ1) is 48.5. The molecule has 0 rings (SSSR count). The van der Waals surface area contributed by atoms with E-state index >= 15 is 0 Å². The molecule has 0 fully saturated rings. The molecule has 0 spiro atoms. The van der Waals surface area contributed by atoms with E-state index in [2.05, 4.69) is 55.6 Å². The number of aliphatic hydroxyl groups is 1. The average molecular weight is 725 g/mol. The summed E-state index contributed by atoms with van der Waals surface area (Å²) in [4.78, 5) is 25.2. The van der Waals surface area contributed by atoms with Gasteiger partial charge in [-0.1, -0.05) is 127 Å². The maximum absolute atomic E-state index is 12.8. The number of hydrogen-bond acceptors (Lipinski definition) is 6. The SMILES string of the molecule is CCCCC/C=C/CC/C=C/CC/C=C/C(O)C(COP(=O)([O-])OCC[N+](C)(C)C)NC(=O)CCCCCCCCC/C=C\CCCCCC. The van der Waals surface area contributed by atoms with Gasteiger partial charge in [0.05, 0.1) is 39.9 Å². The molecule has 0 aliphatic rings. The van der Waals surface area contributed by atoms with Gasteiger partial charge in [-0.25, -0.2) is 0 Å². The van der Waals surface area contributed by atoms with Crippen LogP contribution in [-0.4, -0.2) is 68.5 Å². The Bertz CT molecular complexity index is 959. The quantitative estimate of drug-likeness (QED) is 0.0292. The Balaban J connectivity index is 4.58. The number of nitrogens with zero attached hydrogens (tertiary/aromatic N) is 1. The second-order valence-corrected chi connectivity index (χ2v) is 16.0. The Morgan fingerprint density at radius 2 is 1.12 bits per heavy atom. The summed E-state index contributed by atoms with van der Waals surface area (Å²) in [6.45, 7) is 4.54. The fourth-order valence-electron chi connectivity index (χ4n) is 5.23. The number of unbranched alkanes of at least 4 members (excludes halogenated alkanes) is 16. The predicted octanol–water partition coefficient (Wildman–Crippen LogP) is 9.89. The van der Waals surface area contributed by atoms with E-state index in [0.29, 0.717) is 17.4 Å². The molecular formula is C41H77N2O6P. The van der Waals surface area contributed by atoms with Gasteiger partial charge in [-0.3, -0.25) is 9.36 Å². The Hall–Kier alpha value is -1.54. The van der Waals surface area contributed by atoms with Crippen LogP contribution in [0.15, 0.2) is 48.6 Å². The number of phosphoric ester groups is 1. The van der Waals surface area contributed by atoms with Crippen LogP contribution in [-0.2, 0) is 18.4 Å². The van der Waals surface area contributed by atoms with Crippen LogP contribution in [0.3, 0.4) is 0 Å². The molecule has 0 aromatic rings. The van der Waals surface area contributed by atoms with Crippen molar-refractivity contribution < 1.29 is 32.9 Å². The number of likely N-dealkylation sites (N-methyl/N-ethyl adjacent to an activating group) is 1. The number of quaternary nitrogens is 1. The lowest BCUT2D eigenvalue weighted by atomic mass is 10.1. The highest BCUT2D eigenvalue weighted by atomic mass is 31.2. The monoisotopic (exact) mass is 725 g/mol. The molecule has 292 valence electrons. The third kappa shape index (κ3) is 34.9. The molecule has 8 nitrogen and oxygen atoms in total. The zero-order chi connectivity index (χ0) is 37.2. The number of amides is 1. The Labute approximate surface area is 308 Å². The van der Waals surface area contributed by atoms with E-state index in [-0.39, 0.29) is 12.5 Å². The summed E-state index contributed by atoms with van der Waals surface area (Å²) in [6.07, 6.45) is 40.1. The average Bonchev–Trinajstić information content (AvgIpc) is 3.06. The fraction of sp³-hybridized carbons (Fsp3) is 0.780. The van der Waals surface area contributed by atoms with Gasteiger partial charge in [-0.15, -0.1) is 0 Å². The summed E-state index contributed by atoms with van der Waals surface area (Å²) in [6, 6.07) is -0.909. The Morgan fingerprint density at radius 3 is 1.66 bits per heavy atom. The lowest BCUT2D eigenvalue weighted by Crippen LogP contribution is -2.45. The van der Waals surface area contributed by atoms with Crippen LogP contribution >= 0.6 is 7.82 Å². The van der Waals surface area contributed by atoms with E-state index in [0.717, 1.165) is 51.4 Å². The molecule has 3 atom stereocenters. The van der Waals surface area contributed by atoms with Crippen molar-refractivity contribution in [3.8, 4) is 0 Å². The zero-order valence-corrected chi connectivity index (χ0v) is 33.7. The second-order valence-electron chi connectivity index (χ2n) is 14.6. The van der Waals surface area contributed by atoms with Crippen LogP contribution in [0.4, 0.5) is 0 Å². The number of rotatable bonds is 35. The molecule has 0 heterocycles. The van der Waals surface area contributed by atoms with Gasteiger partial charge in [0.1, 0.15) is 13.2 Å². The van der Waals surface area contributed by atoms with Crippen LogP contribution in [0, 0.1) is 0 Å². The van der Waals surface area contributed by atoms with Crippen molar-refractivity contribution in [3.05, 3.63) is 48.6 Å². The fourth-order valence-corrected chi connectivity index (χ4v) is 5.96. The van der Waals surface area contributed by atoms with E-state index in [1.807, 2.05) is 27.2 Å². The van der Waals surface area contributed by atoms with Gasteiger partial charge in [-0.05, 0) is 70.6 Å². The topological polar surface area (TPSA) is 108 Å². The van der Waals surface area contributed by atoms with Crippen molar-refractivity contribution >= 4 is 13.7 Å². The van der Waals surface area contributed by atoms with E-state index < -0.39 is 26.6 Å². The summed E-state index contributed by atoms with van der Waals surface area (Å²) in [7, 11) is 1.22. The van der Waals surface area contributed by atoms with Gasteiger partial charge in [-0.2, -0.15) is 0 Å². The van der Waals surface area contributed by atoms with Gasteiger partial charge in [0.2, 0.25) is 5.91 Å². The molecule has 0 saturated heterocycles. The maximum atomic E-state index is 12.8. The van der Waals surface area contributed by atoms with Crippen molar-refractivity contribution in [2.75, 3.05) is 40.9 Å². The molecule has 0 aromatic heterocycles. The smallest absolute Gasteiger partial charge is 0.268 e. The largest absolute Gasteiger partial charge is 0.756 e. The Morgan fingerprint density at radius 1 is 0.680 bits per heavy atom. The minimum Gasteiger partial charge on any atom is -0.756 e. The second kappa shape index (κ2) is 33.3. The first-order valence-corrected chi connectivity index (χ1v) is 21.5. The molecule has 50 heavy (non-hydrogen) atoms. The minimum absolute atomic E-state index is 0.0111. The molecule has 0 bridgehead atoms. The molecule has 0 radical (unpaired) electrons. The number of phosphoric acid groups is 1. The summed E-state index contributed by atoms with van der Waals surface area (Å²) in [5.41, 5.74) is 0. The summed E-state index contributed by atoms with van der Waals surface area (Å²) in [5.74, 6) is -0.221. The summed E-state index contributed by atoms with van der Waals surface area (Å²) < 4.78 is 23.1. The Kier molecular flexibility index (Phi) is 32.3. The summed E-state index contributed by atoms with van der Waals surface area (Å²) in [5, 5.41) is 13.7. The molecule has 0 aliphatic heterocycles. The number of allylic oxidation sites excluding steroid dienone is 7. The van der Waals surface area contributed by atoms with Crippen molar-refractivity contribution in [1.29, 1.82) is 0 Å². The molecule has 0 saturated carbocycles. The lowest BCUT2D eigenvalue weighted by Gasteiger charge is -2.29. The van der Waals surface area contributed by atoms with E-state index in [1.165, 1.54) is 83.5 Å². The first-order valence-electron chi connectivity index (χ1n) is 20.0. The molecular weight excluding hydrogens is 647 g/mol. The van der Waals surface area contributed by atoms with Gasteiger partial charge in [0, 0.05) is 6.42 Å². The number of aliphatic hydroxyl groups excluding tert-OH is 1. The van der Waals surface area contributed by atoms with E-state index in [9.17, 15) is 19.4 Å². The van der Waals surface area contributed by atoms with Gasteiger partial charge >= 0.3 is 0 Å². The molecule has 2 N–H and O–H groups in total. The van der Waals surface area contributed by atoms with Crippen molar-refractivity contribution in [3.63, 3.8) is 0 Å². The lowest BCUT2D eigenvalue weighted by molar-refractivity contribution is -0.870. The third-order valence-corrected chi connectivity index (χ3v) is 9.45. The van der Waals surface area contributed by atoms with Crippen LogP contribution < -0.4 is 10.2 Å². The minimum atomic E-state index is -4.59. The molecule has 0 aromatic carbocycles. The highest BCUT2D eigenvalue weighted by Crippen LogP contribution is 2.38. The van der Waals surface area contributed by atoms with Crippen molar-refractivity contribution in [2.24, 2.45) is 0 Å². The molecule has 9 heteroatoms. The number of nitrogens with one attached hydrogen (secondary N) is 1. The van der Waals surface area contributed by atoms with Crippen LogP contribution in [0.2, 0.25) is 0 Å². The van der Waals surface area contributed by atoms with Crippen LogP contribution in [0.25, 0.3) is 0 Å². The zero-order valence-electron chi connectivity index (χ0n) is 32.8. The van der Waals surface area contributed by atoms with Crippen molar-refractivity contribution in [2.45, 2.75) is 167 Å². The predicted molar refractivity (Wildman–Crippen MR) is 210 cm³/mol. The number of carbonyl (C=O) groups excluding carboxylic acids is 1. The van der Waals surface area contributed by atoms with Gasteiger partial charge in [0.25, 0.3) is 7.82 Å². The van der Waals surface area contributed by atoms with E-state index in [4.69, 9.17) is 9.05 Å². The van der Waals surface area contributed by atoms with Crippen LogP contribution in [0.1, 0.15) is 155 Å². The normalized spacial score (nSPS) is 15.1. The van der Waals surface area contributed by atoms with Crippen molar-refractivity contribution in [1.82, 2.24) is 5.32 Å². The number of hydrogen-bond donors (Lipinski definition) is 2. The standard InChI is InChI=1S/C41H77N2O6P/c1-6-8-10-12-14-16-18-20-21-23-25-27-29-31-33-35-41(45)42-39(38-49-50(46,47)48-37-36-43(3,4)5)40(44)34-32-30-28-26-24-22-19-17-15-13-11-9-7-2/h15-18,24,26,32,34,39-40,44H,6-14,19-23,25,27-31,33,35-38H2,1-5H3,(H-,42,45,46,47)/b17-15+,18-16-,26-24+,34-32+.